The van der Waals surface area contributed by atoms with Crippen LogP contribution in [0.25, 0.3) is 6.08 Å². The molecule has 2 N–H and O–H groups in total. The molecule has 1 aliphatic heterocycles. The molecule has 0 bridgehead atoms. The molecule has 3 rings (SSSR count). The van der Waals surface area contributed by atoms with E-state index < -0.39 is 0 Å². The number of hydrogen-bond acceptors (Lipinski definition) is 2. The topological polar surface area (TPSA) is 35.2 Å². The largest absolute Gasteiger partial charge is 0.492 e. The standard InChI is InChI=1S/C14H16BrNO/c15-12-7-10-3-4-17-14(10)11(8-12)5-9-1-2-13(16)6-9/h5,7-8,13H,1-4,6,16H2/b9-5-. The van der Waals surface area contributed by atoms with E-state index >= 15 is 0 Å². The Morgan fingerprint density at radius 2 is 2.24 bits per heavy atom. The summed E-state index contributed by atoms with van der Waals surface area (Å²) in [6.45, 7) is 0.807. The van der Waals surface area contributed by atoms with Gasteiger partial charge in [0.25, 0.3) is 0 Å². The van der Waals surface area contributed by atoms with Gasteiger partial charge in [-0.15, -0.1) is 0 Å². The number of rotatable bonds is 1. The molecular weight excluding hydrogens is 278 g/mol. The molecule has 1 atom stereocenters. The molecule has 2 nitrogen and oxygen atoms in total. The first kappa shape index (κ1) is 11.3. The van der Waals surface area contributed by atoms with Crippen molar-refractivity contribution in [3.8, 4) is 5.75 Å². The summed E-state index contributed by atoms with van der Waals surface area (Å²) in [5, 5.41) is 0. The number of nitrogens with two attached hydrogens (primary N) is 1. The first-order chi connectivity index (χ1) is 8.22. The van der Waals surface area contributed by atoms with Crippen molar-refractivity contribution in [1.82, 2.24) is 0 Å². The third kappa shape index (κ3) is 2.26. The number of ether oxygens (including phenoxy) is 1. The molecule has 0 amide bonds. The fraction of sp³-hybridized carbons (Fsp3) is 0.429. The van der Waals surface area contributed by atoms with Crippen molar-refractivity contribution in [3.63, 3.8) is 0 Å². The lowest BCUT2D eigenvalue weighted by Crippen LogP contribution is -2.13. The van der Waals surface area contributed by atoms with Gasteiger partial charge in [-0.25, -0.2) is 0 Å². The van der Waals surface area contributed by atoms with Crippen molar-refractivity contribution in [3.05, 3.63) is 33.3 Å². The molecule has 1 heterocycles. The van der Waals surface area contributed by atoms with Crippen LogP contribution < -0.4 is 10.5 Å². The van der Waals surface area contributed by atoms with E-state index in [1.54, 1.807) is 0 Å². The lowest BCUT2D eigenvalue weighted by atomic mass is 10.0. The molecule has 1 fully saturated rings. The van der Waals surface area contributed by atoms with Gasteiger partial charge in [-0.3, -0.25) is 0 Å². The Hall–Kier alpha value is -0.800. The zero-order valence-corrected chi connectivity index (χ0v) is 11.3. The third-order valence-electron chi connectivity index (χ3n) is 3.50. The van der Waals surface area contributed by atoms with E-state index in [-0.39, 0.29) is 0 Å². The summed E-state index contributed by atoms with van der Waals surface area (Å²) < 4.78 is 6.86. The highest BCUT2D eigenvalue weighted by molar-refractivity contribution is 9.10. The quantitative estimate of drug-likeness (QED) is 0.862. The van der Waals surface area contributed by atoms with E-state index in [0.717, 1.165) is 42.5 Å². The van der Waals surface area contributed by atoms with Gasteiger partial charge in [0.15, 0.2) is 0 Å². The summed E-state index contributed by atoms with van der Waals surface area (Å²) in [5.74, 6) is 1.07. The highest BCUT2D eigenvalue weighted by Crippen LogP contribution is 2.36. The van der Waals surface area contributed by atoms with Gasteiger partial charge in [0.2, 0.25) is 0 Å². The van der Waals surface area contributed by atoms with E-state index in [1.165, 1.54) is 16.7 Å². The molecule has 0 radical (unpaired) electrons. The van der Waals surface area contributed by atoms with Crippen LogP contribution in [0.3, 0.4) is 0 Å². The lowest BCUT2D eigenvalue weighted by Gasteiger charge is -2.06. The van der Waals surface area contributed by atoms with Crippen molar-refractivity contribution in [1.29, 1.82) is 0 Å². The van der Waals surface area contributed by atoms with Gasteiger partial charge in [0, 0.05) is 22.5 Å². The first-order valence-corrected chi connectivity index (χ1v) is 6.92. The summed E-state index contributed by atoms with van der Waals surface area (Å²) in [4.78, 5) is 0. The van der Waals surface area contributed by atoms with Crippen LogP contribution in [0.4, 0.5) is 0 Å². The smallest absolute Gasteiger partial charge is 0.129 e. The van der Waals surface area contributed by atoms with Gasteiger partial charge in [-0.1, -0.05) is 27.6 Å². The summed E-state index contributed by atoms with van der Waals surface area (Å²) in [5.41, 5.74) is 9.91. The molecular formula is C14H16BrNO. The second kappa shape index (κ2) is 4.46. The van der Waals surface area contributed by atoms with Gasteiger partial charge in [0.05, 0.1) is 6.61 Å². The van der Waals surface area contributed by atoms with Gasteiger partial charge in [0.1, 0.15) is 5.75 Å². The molecule has 90 valence electrons. The summed E-state index contributed by atoms with van der Waals surface area (Å²) in [6.07, 6.45) is 6.55. The predicted molar refractivity (Wildman–Crippen MR) is 73.1 cm³/mol. The van der Waals surface area contributed by atoms with Crippen molar-refractivity contribution < 1.29 is 4.74 Å². The van der Waals surface area contributed by atoms with Crippen LogP contribution in [0.1, 0.15) is 30.4 Å². The molecule has 0 spiro atoms. The monoisotopic (exact) mass is 293 g/mol. The fourth-order valence-electron chi connectivity index (χ4n) is 2.67. The van der Waals surface area contributed by atoms with Crippen molar-refractivity contribution in [2.45, 2.75) is 31.7 Å². The van der Waals surface area contributed by atoms with Crippen molar-refractivity contribution in [2.24, 2.45) is 5.73 Å². The molecule has 2 aliphatic rings. The maximum atomic E-state index is 5.94. The normalized spacial score (nSPS) is 25.1. The van der Waals surface area contributed by atoms with Gasteiger partial charge in [-0.05, 0) is 37.0 Å². The van der Waals surface area contributed by atoms with Crippen LogP contribution in [-0.2, 0) is 6.42 Å². The molecule has 0 aromatic heterocycles. The summed E-state index contributed by atoms with van der Waals surface area (Å²) in [7, 11) is 0. The minimum atomic E-state index is 0.349. The van der Waals surface area contributed by atoms with E-state index in [4.69, 9.17) is 10.5 Å². The van der Waals surface area contributed by atoms with Crippen LogP contribution in [0.15, 0.2) is 22.2 Å². The minimum Gasteiger partial charge on any atom is -0.492 e. The van der Waals surface area contributed by atoms with Gasteiger partial charge < -0.3 is 10.5 Å². The zero-order chi connectivity index (χ0) is 11.8. The minimum absolute atomic E-state index is 0.349. The number of benzene rings is 1. The molecule has 17 heavy (non-hydrogen) atoms. The number of hydrogen-bond donors (Lipinski definition) is 1. The third-order valence-corrected chi connectivity index (χ3v) is 3.96. The summed E-state index contributed by atoms with van der Waals surface area (Å²) in [6, 6.07) is 4.65. The van der Waals surface area contributed by atoms with Crippen molar-refractivity contribution in [2.75, 3.05) is 6.61 Å². The van der Waals surface area contributed by atoms with Crippen LogP contribution in [0, 0.1) is 0 Å². The molecule has 1 aromatic rings. The van der Waals surface area contributed by atoms with Crippen LogP contribution in [0.2, 0.25) is 0 Å². The Kier molecular flexibility index (Phi) is 2.97. The van der Waals surface area contributed by atoms with E-state index in [9.17, 15) is 0 Å². The number of fused-ring (bicyclic) bond motifs is 1. The Bertz CT molecular complexity index is 481. The predicted octanol–water partition coefficient (Wildman–Crippen LogP) is 3.28. The number of halogens is 1. The Morgan fingerprint density at radius 1 is 1.35 bits per heavy atom. The van der Waals surface area contributed by atoms with Crippen LogP contribution >= 0.6 is 15.9 Å². The van der Waals surface area contributed by atoms with E-state index in [2.05, 4.69) is 34.1 Å². The Labute approximate surface area is 110 Å². The first-order valence-electron chi connectivity index (χ1n) is 6.12. The Balaban J connectivity index is 1.98. The average molecular weight is 294 g/mol. The average Bonchev–Trinajstić information content (AvgIpc) is 2.87. The fourth-order valence-corrected chi connectivity index (χ4v) is 3.19. The highest BCUT2D eigenvalue weighted by atomic mass is 79.9. The van der Waals surface area contributed by atoms with Crippen LogP contribution in [0.5, 0.6) is 5.75 Å². The Morgan fingerprint density at radius 3 is 3.00 bits per heavy atom. The van der Waals surface area contributed by atoms with Gasteiger partial charge >= 0.3 is 0 Å². The zero-order valence-electron chi connectivity index (χ0n) is 9.71. The maximum absolute atomic E-state index is 5.94. The van der Waals surface area contributed by atoms with Crippen LogP contribution in [-0.4, -0.2) is 12.6 Å². The lowest BCUT2D eigenvalue weighted by molar-refractivity contribution is 0.356. The molecule has 3 heteroatoms. The SMILES string of the molecule is NC1CC/C(=C/c2cc(Br)cc3c2OCC3)C1. The van der Waals surface area contributed by atoms with E-state index in [1.807, 2.05) is 0 Å². The maximum Gasteiger partial charge on any atom is 0.129 e. The van der Waals surface area contributed by atoms with E-state index in [0.29, 0.717) is 6.04 Å². The molecule has 1 aliphatic carbocycles. The second-order valence-corrected chi connectivity index (χ2v) is 5.80. The highest BCUT2D eigenvalue weighted by Gasteiger charge is 2.19. The summed E-state index contributed by atoms with van der Waals surface area (Å²) >= 11 is 3.57. The second-order valence-electron chi connectivity index (χ2n) is 4.89. The van der Waals surface area contributed by atoms with Gasteiger partial charge in [-0.2, -0.15) is 0 Å². The van der Waals surface area contributed by atoms with Crippen molar-refractivity contribution >= 4 is 22.0 Å². The molecule has 1 saturated carbocycles. The molecule has 1 unspecified atom stereocenters. The molecule has 0 saturated heterocycles. The molecule has 1 aromatic carbocycles.